The fourth-order valence-electron chi connectivity index (χ4n) is 8.91. The Bertz CT molecular complexity index is 766. The van der Waals surface area contributed by atoms with E-state index < -0.39 is 11.7 Å². The summed E-state index contributed by atoms with van der Waals surface area (Å²) >= 11 is 0. The van der Waals surface area contributed by atoms with Crippen molar-refractivity contribution in [2.75, 3.05) is 0 Å². The molecule has 3 saturated carbocycles. The molecule has 0 aliphatic heterocycles. The van der Waals surface area contributed by atoms with Crippen molar-refractivity contribution >= 4 is 5.97 Å². The number of aliphatic hydroxyl groups excluding tert-OH is 1. The van der Waals surface area contributed by atoms with Crippen LogP contribution in [0.15, 0.2) is 11.6 Å². The summed E-state index contributed by atoms with van der Waals surface area (Å²) in [5.74, 6) is 3.49. The summed E-state index contributed by atoms with van der Waals surface area (Å²) in [6.45, 7) is 12.4. The van der Waals surface area contributed by atoms with Crippen LogP contribution in [0.3, 0.4) is 0 Å². The molecule has 0 saturated heterocycles. The van der Waals surface area contributed by atoms with E-state index in [1.807, 2.05) is 0 Å². The Balaban J connectivity index is 1.46. The van der Waals surface area contributed by atoms with Crippen LogP contribution in [0.25, 0.3) is 0 Å². The van der Waals surface area contributed by atoms with Crippen LogP contribution in [-0.4, -0.2) is 34.0 Å². The Labute approximate surface area is 201 Å². The largest absolute Gasteiger partial charge is 0.462 e. The molecule has 3 fully saturated rings. The highest BCUT2D eigenvalue weighted by atomic mass is 16.5. The molecular formula is C29H48O4. The molecule has 4 rings (SSSR count). The van der Waals surface area contributed by atoms with E-state index in [0.29, 0.717) is 17.8 Å². The number of carbonyl (C=O) groups excluding carboxylic acids is 1. The Morgan fingerprint density at radius 1 is 1.15 bits per heavy atom. The molecule has 0 heterocycles. The third-order valence-corrected chi connectivity index (χ3v) is 10.9. The summed E-state index contributed by atoms with van der Waals surface area (Å²) in [6.07, 6.45) is 13.2. The lowest BCUT2D eigenvalue weighted by molar-refractivity contribution is -0.148. The van der Waals surface area contributed by atoms with E-state index >= 15 is 0 Å². The summed E-state index contributed by atoms with van der Waals surface area (Å²) in [5.41, 5.74) is 1.22. The van der Waals surface area contributed by atoms with Gasteiger partial charge in [0.1, 0.15) is 6.10 Å². The van der Waals surface area contributed by atoms with E-state index in [1.165, 1.54) is 39.0 Å². The van der Waals surface area contributed by atoms with E-state index in [4.69, 9.17) is 4.74 Å². The second-order valence-corrected chi connectivity index (χ2v) is 13.2. The van der Waals surface area contributed by atoms with Crippen LogP contribution in [0.4, 0.5) is 0 Å². The number of allylic oxidation sites excluding steroid dienone is 1. The molecule has 0 aromatic rings. The Hall–Kier alpha value is -0.870. The maximum atomic E-state index is 11.5. The zero-order chi connectivity index (χ0) is 24.2. The van der Waals surface area contributed by atoms with Crippen molar-refractivity contribution in [2.24, 2.45) is 40.4 Å². The third-order valence-electron chi connectivity index (χ3n) is 10.9. The molecule has 0 spiro atoms. The van der Waals surface area contributed by atoms with E-state index in [1.54, 1.807) is 19.4 Å². The first-order valence-corrected chi connectivity index (χ1v) is 13.6. The van der Waals surface area contributed by atoms with Crippen molar-refractivity contribution in [3.05, 3.63) is 11.6 Å². The standard InChI is InChI=1S/C29H48O4/c1-18(7-12-26(31)27(3,4)32)23-10-11-24-22-9-8-20-17-21(33-19(2)30)13-15-28(20,5)25(22)14-16-29(23,24)6/h8,18,21-26,31-32H,7,9-17H2,1-6H3/t18-,21+,22?,23?,24?,25?,26-,28+,29-/m1/s1. The number of esters is 1. The van der Waals surface area contributed by atoms with Gasteiger partial charge in [0, 0.05) is 13.3 Å². The van der Waals surface area contributed by atoms with Gasteiger partial charge in [-0.05, 0) is 112 Å². The van der Waals surface area contributed by atoms with Gasteiger partial charge < -0.3 is 14.9 Å². The van der Waals surface area contributed by atoms with Crippen molar-refractivity contribution in [1.29, 1.82) is 0 Å². The summed E-state index contributed by atoms with van der Waals surface area (Å²) in [6, 6.07) is 0. The third kappa shape index (κ3) is 4.56. The molecule has 4 aliphatic rings. The average Bonchev–Trinajstić information content (AvgIpc) is 3.08. The van der Waals surface area contributed by atoms with Crippen molar-refractivity contribution in [2.45, 2.75) is 124 Å². The number of fused-ring (bicyclic) bond motifs is 5. The molecule has 4 heteroatoms. The van der Waals surface area contributed by atoms with Gasteiger partial charge in [-0.1, -0.05) is 32.4 Å². The number of rotatable bonds is 6. The molecule has 0 bridgehead atoms. The van der Waals surface area contributed by atoms with Gasteiger partial charge in [-0.3, -0.25) is 4.79 Å². The molecule has 4 unspecified atom stereocenters. The van der Waals surface area contributed by atoms with E-state index in [-0.39, 0.29) is 17.5 Å². The molecule has 188 valence electrons. The summed E-state index contributed by atoms with van der Waals surface area (Å²) in [7, 11) is 0. The Kier molecular flexibility index (Phi) is 6.86. The van der Waals surface area contributed by atoms with Crippen LogP contribution in [0.2, 0.25) is 0 Å². The Morgan fingerprint density at radius 2 is 1.88 bits per heavy atom. The minimum atomic E-state index is -1.02. The molecule has 0 radical (unpaired) electrons. The number of aliphatic hydroxyl groups is 2. The van der Waals surface area contributed by atoms with Gasteiger partial charge >= 0.3 is 5.97 Å². The number of carbonyl (C=O) groups is 1. The average molecular weight is 461 g/mol. The lowest BCUT2D eigenvalue weighted by atomic mass is 9.47. The van der Waals surface area contributed by atoms with Crippen molar-refractivity contribution < 1.29 is 19.7 Å². The van der Waals surface area contributed by atoms with Gasteiger partial charge in [-0.25, -0.2) is 0 Å². The second kappa shape index (κ2) is 8.97. The second-order valence-electron chi connectivity index (χ2n) is 13.2. The smallest absolute Gasteiger partial charge is 0.302 e. The van der Waals surface area contributed by atoms with Gasteiger partial charge in [0.25, 0.3) is 0 Å². The minimum Gasteiger partial charge on any atom is -0.462 e. The van der Waals surface area contributed by atoms with Crippen molar-refractivity contribution in [1.82, 2.24) is 0 Å². The SMILES string of the molecule is CC(=O)O[C@H]1CC[C@@]2(C)C(=CCC3C4CCC([C@H](C)CC[C@@H](O)C(C)(C)O)[C@@]4(C)CCC32)C1. The van der Waals surface area contributed by atoms with E-state index in [9.17, 15) is 15.0 Å². The van der Waals surface area contributed by atoms with Crippen LogP contribution < -0.4 is 0 Å². The molecule has 0 amide bonds. The van der Waals surface area contributed by atoms with Crippen LogP contribution in [0.5, 0.6) is 0 Å². The fourth-order valence-corrected chi connectivity index (χ4v) is 8.91. The first-order valence-electron chi connectivity index (χ1n) is 13.6. The molecule has 0 aromatic heterocycles. The zero-order valence-corrected chi connectivity index (χ0v) is 21.9. The van der Waals surface area contributed by atoms with Gasteiger partial charge in [-0.15, -0.1) is 0 Å². The van der Waals surface area contributed by atoms with Crippen LogP contribution in [-0.2, 0) is 9.53 Å². The first kappa shape index (κ1) is 25.2. The van der Waals surface area contributed by atoms with E-state index in [0.717, 1.165) is 49.4 Å². The molecule has 2 N–H and O–H groups in total. The lowest BCUT2D eigenvalue weighted by Crippen LogP contribution is -2.51. The zero-order valence-electron chi connectivity index (χ0n) is 21.9. The summed E-state index contributed by atoms with van der Waals surface area (Å²) in [5, 5.41) is 20.5. The highest BCUT2D eigenvalue weighted by Crippen LogP contribution is 2.67. The molecule has 9 atom stereocenters. The van der Waals surface area contributed by atoms with Crippen molar-refractivity contribution in [3.8, 4) is 0 Å². The summed E-state index contributed by atoms with van der Waals surface area (Å²) in [4.78, 5) is 11.5. The Morgan fingerprint density at radius 3 is 2.55 bits per heavy atom. The fraction of sp³-hybridized carbons (Fsp3) is 0.897. The van der Waals surface area contributed by atoms with Crippen LogP contribution in [0.1, 0.15) is 106 Å². The normalized spacial score (nSPS) is 42.4. The monoisotopic (exact) mass is 460 g/mol. The summed E-state index contributed by atoms with van der Waals surface area (Å²) < 4.78 is 5.59. The highest BCUT2D eigenvalue weighted by Gasteiger charge is 2.59. The van der Waals surface area contributed by atoms with E-state index in [2.05, 4.69) is 26.8 Å². The quantitative estimate of drug-likeness (QED) is 0.374. The maximum Gasteiger partial charge on any atom is 0.302 e. The van der Waals surface area contributed by atoms with Gasteiger partial charge in [0.2, 0.25) is 0 Å². The highest BCUT2D eigenvalue weighted by molar-refractivity contribution is 5.66. The van der Waals surface area contributed by atoms with Crippen LogP contribution in [0, 0.1) is 40.4 Å². The predicted molar refractivity (Wildman–Crippen MR) is 131 cm³/mol. The number of ether oxygens (including phenoxy) is 1. The van der Waals surface area contributed by atoms with Gasteiger partial charge in [-0.2, -0.15) is 0 Å². The molecular weight excluding hydrogens is 412 g/mol. The lowest BCUT2D eigenvalue weighted by Gasteiger charge is -2.58. The molecule has 4 aliphatic carbocycles. The van der Waals surface area contributed by atoms with Crippen LogP contribution >= 0.6 is 0 Å². The topological polar surface area (TPSA) is 66.8 Å². The van der Waals surface area contributed by atoms with Gasteiger partial charge in [0.05, 0.1) is 11.7 Å². The predicted octanol–water partition coefficient (Wildman–Crippen LogP) is 6.05. The van der Waals surface area contributed by atoms with Gasteiger partial charge in [0.15, 0.2) is 0 Å². The molecule has 4 nitrogen and oxygen atoms in total. The first-order chi connectivity index (χ1) is 15.4. The maximum absolute atomic E-state index is 11.5. The number of hydrogen-bond acceptors (Lipinski definition) is 4. The minimum absolute atomic E-state index is 0.0724. The molecule has 0 aromatic carbocycles. The van der Waals surface area contributed by atoms with Crippen molar-refractivity contribution in [3.63, 3.8) is 0 Å². The number of hydrogen-bond donors (Lipinski definition) is 2. The molecule has 33 heavy (non-hydrogen) atoms.